The minimum absolute atomic E-state index is 0. The van der Waals surface area contributed by atoms with Crippen LogP contribution in [0.5, 0.6) is 11.5 Å². The molecule has 3 aromatic rings. The van der Waals surface area contributed by atoms with Gasteiger partial charge in [0.05, 0.1) is 12.7 Å². The zero-order valence-corrected chi connectivity index (χ0v) is 19.2. The maximum Gasteiger partial charge on any atom is 0.166 e. The fourth-order valence-corrected chi connectivity index (χ4v) is 3.29. The van der Waals surface area contributed by atoms with Crippen LogP contribution in [0.15, 0.2) is 72.8 Å². The van der Waals surface area contributed by atoms with Crippen LogP contribution in [0.25, 0.3) is 0 Å². The Morgan fingerprint density at radius 2 is 1.61 bits per heavy atom. The quantitative estimate of drug-likeness (QED) is 0.429. The van der Waals surface area contributed by atoms with E-state index in [0.29, 0.717) is 19.8 Å². The van der Waals surface area contributed by atoms with Crippen molar-refractivity contribution in [3.05, 3.63) is 95.1 Å². The van der Waals surface area contributed by atoms with Gasteiger partial charge in [0.1, 0.15) is 6.61 Å². The zero-order chi connectivity index (χ0) is 21.3. The Morgan fingerprint density at radius 1 is 0.903 bits per heavy atom. The second-order valence-corrected chi connectivity index (χ2v) is 7.48. The van der Waals surface area contributed by atoms with Gasteiger partial charge in [-0.15, -0.1) is 12.4 Å². The second-order valence-electron chi connectivity index (χ2n) is 7.48. The minimum atomic E-state index is -0.585. The van der Waals surface area contributed by atoms with E-state index in [2.05, 4.69) is 36.5 Å². The first-order valence-electron chi connectivity index (χ1n) is 10.5. The fraction of sp³-hybridized carbons (Fsp3) is 0.308. The lowest BCUT2D eigenvalue weighted by Gasteiger charge is -2.22. The molecule has 3 rings (SSSR count). The molecule has 0 aliphatic heterocycles. The third-order valence-electron chi connectivity index (χ3n) is 5.09. The first-order valence-corrected chi connectivity index (χ1v) is 10.5. The lowest BCUT2D eigenvalue weighted by atomic mass is 10.0. The highest BCUT2D eigenvalue weighted by molar-refractivity contribution is 5.85. The van der Waals surface area contributed by atoms with Crippen LogP contribution in [0.2, 0.25) is 0 Å². The van der Waals surface area contributed by atoms with E-state index in [-0.39, 0.29) is 18.4 Å². The number of aliphatic hydroxyl groups is 1. The van der Waals surface area contributed by atoms with Gasteiger partial charge in [-0.3, -0.25) is 0 Å². The minimum Gasteiger partial charge on any atom is -0.490 e. The Morgan fingerprint density at radius 3 is 2.29 bits per heavy atom. The maximum absolute atomic E-state index is 10.6. The highest BCUT2D eigenvalue weighted by Gasteiger charge is 2.17. The molecule has 3 aromatic carbocycles. The van der Waals surface area contributed by atoms with Gasteiger partial charge in [0.15, 0.2) is 11.5 Å². The van der Waals surface area contributed by atoms with Crippen LogP contribution in [0, 0.1) is 6.92 Å². The number of rotatable bonds is 10. The molecule has 0 amide bonds. The number of benzene rings is 3. The van der Waals surface area contributed by atoms with E-state index in [1.165, 1.54) is 5.56 Å². The van der Waals surface area contributed by atoms with Crippen molar-refractivity contribution in [3.8, 4) is 11.5 Å². The van der Waals surface area contributed by atoms with Crippen molar-refractivity contribution in [2.75, 3.05) is 6.61 Å². The molecular weight excluding hydrogens is 410 g/mol. The summed E-state index contributed by atoms with van der Waals surface area (Å²) in [6, 6.07) is 23.8. The van der Waals surface area contributed by atoms with Gasteiger partial charge >= 0.3 is 0 Å². The van der Waals surface area contributed by atoms with Crippen LogP contribution in [0.1, 0.15) is 42.2 Å². The van der Waals surface area contributed by atoms with E-state index in [1.54, 1.807) is 0 Å². The molecule has 31 heavy (non-hydrogen) atoms. The van der Waals surface area contributed by atoms with Gasteiger partial charge in [-0.2, -0.15) is 0 Å². The van der Waals surface area contributed by atoms with Gasteiger partial charge < -0.3 is 19.9 Å². The third kappa shape index (κ3) is 7.00. The van der Waals surface area contributed by atoms with Crippen LogP contribution in [-0.2, 0) is 13.2 Å². The van der Waals surface area contributed by atoms with Crippen molar-refractivity contribution in [3.63, 3.8) is 0 Å². The highest BCUT2D eigenvalue weighted by atomic mass is 35.5. The molecule has 5 heteroatoms. The maximum atomic E-state index is 10.6. The van der Waals surface area contributed by atoms with Crippen LogP contribution in [-0.4, -0.2) is 17.8 Å². The summed E-state index contributed by atoms with van der Waals surface area (Å²) >= 11 is 0. The fourth-order valence-electron chi connectivity index (χ4n) is 3.29. The van der Waals surface area contributed by atoms with Crippen molar-refractivity contribution < 1.29 is 14.6 Å². The molecule has 0 radical (unpaired) electrons. The van der Waals surface area contributed by atoms with E-state index >= 15 is 0 Å². The molecule has 166 valence electrons. The smallest absolute Gasteiger partial charge is 0.166 e. The Kier molecular flexibility index (Phi) is 9.86. The van der Waals surface area contributed by atoms with Gasteiger partial charge in [-0.1, -0.05) is 72.3 Å². The number of ether oxygens (including phenoxy) is 2. The van der Waals surface area contributed by atoms with E-state index in [9.17, 15) is 5.11 Å². The molecule has 0 saturated carbocycles. The largest absolute Gasteiger partial charge is 0.490 e. The average molecular weight is 442 g/mol. The molecule has 2 atom stereocenters. The first-order chi connectivity index (χ1) is 14.6. The summed E-state index contributed by atoms with van der Waals surface area (Å²) in [4.78, 5) is 0. The molecule has 2 N–H and O–H groups in total. The summed E-state index contributed by atoms with van der Waals surface area (Å²) < 4.78 is 12.0. The average Bonchev–Trinajstić information content (AvgIpc) is 2.78. The molecule has 0 fully saturated rings. The number of hydrogen-bond acceptors (Lipinski definition) is 4. The van der Waals surface area contributed by atoms with Crippen molar-refractivity contribution >= 4 is 12.4 Å². The molecule has 4 nitrogen and oxygen atoms in total. The lowest BCUT2D eigenvalue weighted by Crippen LogP contribution is -2.31. The predicted octanol–water partition coefficient (Wildman–Crippen LogP) is 5.61. The number of nitrogens with one attached hydrogen (secondary N) is 1. The number of aryl methyl sites for hydroxylation is 1. The number of aliphatic hydroxyl groups excluding tert-OH is 1. The van der Waals surface area contributed by atoms with Crippen LogP contribution >= 0.6 is 12.4 Å². The molecule has 2 unspecified atom stereocenters. The predicted molar refractivity (Wildman–Crippen MR) is 128 cm³/mol. The zero-order valence-electron chi connectivity index (χ0n) is 18.4. The van der Waals surface area contributed by atoms with Gasteiger partial charge in [0, 0.05) is 18.2 Å². The molecule has 0 heterocycles. The number of hydrogen-bond donors (Lipinski definition) is 2. The van der Waals surface area contributed by atoms with Crippen LogP contribution < -0.4 is 14.8 Å². The standard InChI is InChI=1S/C26H31NO3.ClH/c1-4-29-24-12-8-11-23(26(24)30-18-21-15-13-19(2)14-16-21)17-27-20(3)25(28)22-9-6-5-7-10-22;/h5-16,20,25,27-28H,4,17-18H2,1-3H3;1H. The van der Waals surface area contributed by atoms with Crippen molar-refractivity contribution in [1.82, 2.24) is 5.32 Å². The van der Waals surface area contributed by atoms with Gasteiger partial charge in [0.2, 0.25) is 0 Å². The Labute approximate surface area is 191 Å². The number of halogens is 1. The Bertz CT molecular complexity index is 916. The van der Waals surface area contributed by atoms with Gasteiger partial charge in [-0.05, 0) is 38.0 Å². The molecule has 0 aliphatic rings. The molecule has 0 saturated heterocycles. The Balaban J connectivity index is 0.00000341. The highest BCUT2D eigenvalue weighted by Crippen LogP contribution is 2.32. The monoisotopic (exact) mass is 441 g/mol. The molecular formula is C26H32ClNO3. The second kappa shape index (κ2) is 12.4. The summed E-state index contributed by atoms with van der Waals surface area (Å²) in [6.07, 6.45) is -0.585. The summed E-state index contributed by atoms with van der Waals surface area (Å²) in [5.41, 5.74) is 4.24. The van der Waals surface area contributed by atoms with Gasteiger partial charge in [0.25, 0.3) is 0 Å². The lowest BCUT2D eigenvalue weighted by molar-refractivity contribution is 0.135. The van der Waals surface area contributed by atoms with E-state index in [0.717, 1.165) is 28.2 Å². The summed E-state index contributed by atoms with van der Waals surface area (Å²) in [5.74, 6) is 1.48. The SMILES string of the molecule is CCOc1cccc(CNC(C)C(O)c2ccccc2)c1OCc1ccc(C)cc1.Cl. The van der Waals surface area contributed by atoms with E-state index in [4.69, 9.17) is 9.47 Å². The molecule has 0 bridgehead atoms. The van der Waals surface area contributed by atoms with Gasteiger partial charge in [-0.25, -0.2) is 0 Å². The summed E-state index contributed by atoms with van der Waals surface area (Å²) in [6.45, 7) is 7.63. The van der Waals surface area contributed by atoms with Crippen LogP contribution in [0.4, 0.5) is 0 Å². The number of para-hydroxylation sites is 1. The van der Waals surface area contributed by atoms with E-state index in [1.807, 2.05) is 62.4 Å². The van der Waals surface area contributed by atoms with E-state index < -0.39 is 6.10 Å². The van der Waals surface area contributed by atoms with Crippen molar-refractivity contribution in [2.45, 2.75) is 46.1 Å². The molecule has 0 spiro atoms. The summed E-state index contributed by atoms with van der Waals surface area (Å²) in [7, 11) is 0. The molecule has 0 aliphatic carbocycles. The third-order valence-corrected chi connectivity index (χ3v) is 5.09. The van der Waals surface area contributed by atoms with Crippen LogP contribution in [0.3, 0.4) is 0 Å². The summed E-state index contributed by atoms with van der Waals surface area (Å²) in [5, 5.41) is 14.1. The first kappa shape index (κ1) is 24.7. The topological polar surface area (TPSA) is 50.7 Å². The normalized spacial score (nSPS) is 12.5. The van der Waals surface area contributed by atoms with Crippen molar-refractivity contribution in [2.24, 2.45) is 0 Å². The molecule has 0 aromatic heterocycles. The Hall–Kier alpha value is -2.53. The van der Waals surface area contributed by atoms with Crippen molar-refractivity contribution in [1.29, 1.82) is 0 Å².